The van der Waals surface area contributed by atoms with Crippen LogP contribution in [0.1, 0.15) is 167 Å². The largest absolute Gasteiger partial charge is 0.481 e. The Bertz CT molecular complexity index is 631. The third-order valence-corrected chi connectivity index (χ3v) is 8.80. The number of aliphatic carboxylic acids is 1. The topological polar surface area (TPSA) is 137 Å². The lowest BCUT2D eigenvalue weighted by molar-refractivity contribution is -0.366. The Hall–Kier alpha value is -0.770. The Morgan fingerprint density at radius 3 is 1.52 bits per heavy atom. The third-order valence-electron chi connectivity index (χ3n) is 8.80. The molecular formula is C34H66O8. The lowest BCUT2D eigenvalue weighted by Crippen LogP contribution is -2.66. The van der Waals surface area contributed by atoms with Crippen LogP contribution < -0.4 is 0 Å². The van der Waals surface area contributed by atoms with Crippen molar-refractivity contribution in [2.45, 2.75) is 198 Å². The van der Waals surface area contributed by atoms with Gasteiger partial charge in [-0.15, -0.1) is 0 Å². The molecule has 0 radical (unpaired) electrons. The fraction of sp³-hybridized carbons (Fsp3) is 0.971. The first-order valence-corrected chi connectivity index (χ1v) is 17.6. The van der Waals surface area contributed by atoms with Crippen molar-refractivity contribution in [1.82, 2.24) is 0 Å². The first-order chi connectivity index (χ1) is 20.4. The summed E-state index contributed by atoms with van der Waals surface area (Å²) in [6.07, 6.45) is 22.1. The predicted molar refractivity (Wildman–Crippen MR) is 167 cm³/mol. The van der Waals surface area contributed by atoms with Gasteiger partial charge in [-0.25, -0.2) is 0 Å². The maximum atomic E-state index is 10.9. The highest BCUT2D eigenvalue weighted by molar-refractivity contribution is 5.66. The molecule has 250 valence electrons. The van der Waals surface area contributed by atoms with Crippen LogP contribution in [0.2, 0.25) is 0 Å². The lowest BCUT2D eigenvalue weighted by atomic mass is 9.89. The normalized spacial score (nSPS) is 24.3. The Balaban J connectivity index is 2.21. The van der Waals surface area contributed by atoms with E-state index in [4.69, 9.17) is 14.6 Å². The van der Waals surface area contributed by atoms with Gasteiger partial charge in [-0.05, 0) is 19.3 Å². The Kier molecular flexibility index (Phi) is 23.9. The SMILES string of the molecule is CCCCCCCCCCOC1(CCCCCCCCCCCCCCCCCC(=O)O)O[C@H](CO)[C@@H](O)[C@H](O)[C@H]1O. The fourth-order valence-corrected chi connectivity index (χ4v) is 6.03. The van der Waals surface area contributed by atoms with E-state index < -0.39 is 42.8 Å². The average Bonchev–Trinajstić information content (AvgIpc) is 2.98. The van der Waals surface area contributed by atoms with E-state index in [1.54, 1.807) is 0 Å². The zero-order valence-corrected chi connectivity index (χ0v) is 26.9. The molecule has 0 aromatic heterocycles. The first-order valence-electron chi connectivity index (χ1n) is 17.6. The van der Waals surface area contributed by atoms with Crippen molar-refractivity contribution >= 4 is 5.97 Å². The van der Waals surface area contributed by atoms with Crippen molar-refractivity contribution < 1.29 is 39.8 Å². The van der Waals surface area contributed by atoms with E-state index in [1.165, 1.54) is 89.9 Å². The lowest BCUT2D eigenvalue weighted by Gasteiger charge is -2.48. The van der Waals surface area contributed by atoms with Gasteiger partial charge in [-0.1, -0.05) is 135 Å². The standard InChI is InChI=1S/C34H66O8/c1-2-3-4-5-6-18-21-24-27-41-34(33(40)32(39)31(38)29(28-35)42-34)26-23-20-17-15-13-11-9-7-8-10-12-14-16-19-22-25-30(36)37/h29,31-33,35,38-40H,2-28H2,1H3,(H,36,37)/t29-,31-,32+,33-,34?/m1/s1. The summed E-state index contributed by atoms with van der Waals surface area (Å²) in [5.41, 5.74) is 0. The summed E-state index contributed by atoms with van der Waals surface area (Å²) in [7, 11) is 0. The summed E-state index contributed by atoms with van der Waals surface area (Å²) in [5.74, 6) is -2.09. The molecule has 0 saturated carbocycles. The van der Waals surface area contributed by atoms with E-state index >= 15 is 0 Å². The minimum atomic E-state index is -1.42. The number of ether oxygens (including phenoxy) is 2. The van der Waals surface area contributed by atoms with Gasteiger partial charge in [0.25, 0.3) is 0 Å². The molecule has 0 amide bonds. The first kappa shape index (κ1) is 39.3. The summed E-state index contributed by atoms with van der Waals surface area (Å²) < 4.78 is 12.1. The number of carbonyl (C=O) groups is 1. The fourth-order valence-electron chi connectivity index (χ4n) is 6.03. The molecule has 0 aromatic rings. The summed E-state index contributed by atoms with van der Waals surface area (Å²) in [4.78, 5) is 10.5. The quantitative estimate of drug-likeness (QED) is 0.0576. The van der Waals surface area contributed by atoms with Crippen LogP contribution in [0.15, 0.2) is 0 Å². The van der Waals surface area contributed by atoms with E-state index in [9.17, 15) is 25.2 Å². The van der Waals surface area contributed by atoms with Crippen LogP contribution in [-0.2, 0) is 14.3 Å². The second kappa shape index (κ2) is 25.5. The van der Waals surface area contributed by atoms with Crippen molar-refractivity contribution in [1.29, 1.82) is 0 Å². The molecule has 0 spiro atoms. The summed E-state index contributed by atoms with van der Waals surface area (Å²) in [5, 5.41) is 50.0. The molecule has 1 saturated heterocycles. The number of aliphatic hydroxyl groups excluding tert-OH is 4. The van der Waals surface area contributed by atoms with E-state index in [0.29, 0.717) is 19.4 Å². The third kappa shape index (κ3) is 17.5. The molecule has 0 aromatic carbocycles. The second-order valence-electron chi connectivity index (χ2n) is 12.6. The molecule has 1 aliphatic rings. The van der Waals surface area contributed by atoms with Gasteiger partial charge in [0.1, 0.15) is 24.4 Å². The molecule has 8 heteroatoms. The summed E-state index contributed by atoms with van der Waals surface area (Å²) in [6.45, 7) is 2.19. The van der Waals surface area contributed by atoms with E-state index in [2.05, 4.69) is 6.92 Å². The molecule has 42 heavy (non-hydrogen) atoms. The van der Waals surface area contributed by atoms with Crippen LogP contribution in [0.25, 0.3) is 0 Å². The number of hydrogen-bond acceptors (Lipinski definition) is 7. The number of unbranched alkanes of at least 4 members (excludes halogenated alkanes) is 21. The van der Waals surface area contributed by atoms with Gasteiger partial charge in [0.2, 0.25) is 0 Å². The van der Waals surface area contributed by atoms with E-state index in [-0.39, 0.29) is 0 Å². The molecule has 1 rings (SSSR count). The molecule has 1 unspecified atom stereocenters. The monoisotopic (exact) mass is 602 g/mol. The average molecular weight is 603 g/mol. The van der Waals surface area contributed by atoms with Gasteiger partial charge >= 0.3 is 5.97 Å². The number of carboxylic acid groups (broad SMARTS) is 1. The van der Waals surface area contributed by atoms with Crippen molar-refractivity contribution in [3.63, 3.8) is 0 Å². The van der Waals surface area contributed by atoms with Gasteiger partial charge in [-0.3, -0.25) is 4.79 Å². The highest BCUT2D eigenvalue weighted by Gasteiger charge is 2.53. The van der Waals surface area contributed by atoms with Crippen LogP contribution in [0.3, 0.4) is 0 Å². The van der Waals surface area contributed by atoms with Crippen LogP contribution in [0.5, 0.6) is 0 Å². The van der Waals surface area contributed by atoms with Crippen LogP contribution in [0.4, 0.5) is 0 Å². The summed E-state index contributed by atoms with van der Waals surface area (Å²) >= 11 is 0. The zero-order valence-electron chi connectivity index (χ0n) is 26.9. The smallest absolute Gasteiger partial charge is 0.303 e. The number of aliphatic hydroxyl groups is 4. The minimum Gasteiger partial charge on any atom is -0.481 e. The van der Waals surface area contributed by atoms with E-state index in [1.807, 2.05) is 0 Å². The molecule has 0 aliphatic carbocycles. The Morgan fingerprint density at radius 1 is 0.643 bits per heavy atom. The number of carboxylic acids is 1. The molecule has 5 N–H and O–H groups in total. The molecule has 5 atom stereocenters. The van der Waals surface area contributed by atoms with Gasteiger partial charge in [0, 0.05) is 12.8 Å². The van der Waals surface area contributed by atoms with Crippen molar-refractivity contribution in [3.05, 3.63) is 0 Å². The van der Waals surface area contributed by atoms with Gasteiger partial charge in [0.05, 0.1) is 13.2 Å². The van der Waals surface area contributed by atoms with Crippen molar-refractivity contribution in [2.75, 3.05) is 13.2 Å². The van der Waals surface area contributed by atoms with Crippen LogP contribution >= 0.6 is 0 Å². The Morgan fingerprint density at radius 2 is 1.07 bits per heavy atom. The van der Waals surface area contributed by atoms with Gasteiger partial charge < -0.3 is 35.0 Å². The molecule has 8 nitrogen and oxygen atoms in total. The van der Waals surface area contributed by atoms with Crippen LogP contribution in [0, 0.1) is 0 Å². The van der Waals surface area contributed by atoms with E-state index in [0.717, 1.165) is 57.8 Å². The number of rotatable bonds is 29. The molecule has 1 heterocycles. The molecular weight excluding hydrogens is 536 g/mol. The minimum absolute atomic E-state index is 0.298. The maximum Gasteiger partial charge on any atom is 0.303 e. The second-order valence-corrected chi connectivity index (χ2v) is 12.6. The maximum absolute atomic E-state index is 10.9. The molecule has 1 aliphatic heterocycles. The summed E-state index contributed by atoms with van der Waals surface area (Å²) in [6, 6.07) is 0. The number of hydrogen-bond donors (Lipinski definition) is 5. The highest BCUT2D eigenvalue weighted by atomic mass is 16.7. The Labute approximate surface area is 256 Å². The van der Waals surface area contributed by atoms with Gasteiger partial charge in [0.15, 0.2) is 5.79 Å². The molecule has 1 fully saturated rings. The predicted octanol–water partition coefficient (Wildman–Crippen LogP) is 7.03. The highest BCUT2D eigenvalue weighted by Crippen LogP contribution is 2.36. The zero-order chi connectivity index (χ0) is 30.9. The van der Waals surface area contributed by atoms with Crippen molar-refractivity contribution in [2.24, 2.45) is 0 Å². The van der Waals surface area contributed by atoms with Gasteiger partial charge in [-0.2, -0.15) is 0 Å². The van der Waals surface area contributed by atoms with Crippen LogP contribution in [-0.4, -0.2) is 74.9 Å². The molecule has 0 bridgehead atoms. The van der Waals surface area contributed by atoms with Crippen molar-refractivity contribution in [3.8, 4) is 0 Å².